The van der Waals surface area contributed by atoms with E-state index >= 15 is 0 Å². The van der Waals surface area contributed by atoms with Gasteiger partial charge < -0.3 is 14.6 Å². The first-order chi connectivity index (χ1) is 12.3. The number of rotatable bonds is 4. The molecule has 0 saturated carbocycles. The number of nitrogens with zero attached hydrogens (tertiary/aromatic N) is 2. The molecule has 0 aliphatic carbocycles. The zero-order chi connectivity index (χ0) is 18.9. The third-order valence-corrected chi connectivity index (χ3v) is 4.10. The van der Waals surface area contributed by atoms with Crippen LogP contribution in [0.3, 0.4) is 0 Å². The molecule has 7 nitrogen and oxygen atoms in total. The van der Waals surface area contributed by atoms with Crippen LogP contribution >= 0.6 is 0 Å². The van der Waals surface area contributed by atoms with E-state index in [4.69, 9.17) is 4.74 Å². The van der Waals surface area contributed by atoms with Crippen LogP contribution in [-0.4, -0.2) is 33.0 Å². The van der Waals surface area contributed by atoms with Crippen LogP contribution in [-0.2, 0) is 11.3 Å². The summed E-state index contributed by atoms with van der Waals surface area (Å²) in [5.74, 6) is 0. The first kappa shape index (κ1) is 18.0. The van der Waals surface area contributed by atoms with Gasteiger partial charge in [0.15, 0.2) is 0 Å². The number of fused-ring (bicyclic) bond motifs is 3. The summed E-state index contributed by atoms with van der Waals surface area (Å²) in [6, 6.07) is 7.75. The molecule has 0 atom stereocenters. The van der Waals surface area contributed by atoms with Crippen molar-refractivity contribution in [2.75, 3.05) is 6.54 Å². The monoisotopic (exact) mass is 356 g/mol. The summed E-state index contributed by atoms with van der Waals surface area (Å²) in [6.45, 7) is 8.21. The van der Waals surface area contributed by atoms with Crippen LogP contribution in [0.15, 0.2) is 29.1 Å². The second kappa shape index (κ2) is 6.82. The highest BCUT2D eigenvalue weighted by Crippen LogP contribution is 2.22. The summed E-state index contributed by atoms with van der Waals surface area (Å²) < 4.78 is 6.96. The first-order valence-corrected chi connectivity index (χ1v) is 8.71. The lowest BCUT2D eigenvalue weighted by atomic mass is 10.1. The van der Waals surface area contributed by atoms with Crippen molar-refractivity contribution in [3.05, 3.63) is 40.3 Å². The van der Waals surface area contributed by atoms with Crippen molar-refractivity contribution < 1.29 is 9.53 Å². The number of aryl methyl sites for hydroxylation is 2. The molecule has 0 aliphatic rings. The Morgan fingerprint density at radius 1 is 1.31 bits per heavy atom. The molecule has 7 heteroatoms. The van der Waals surface area contributed by atoms with Crippen molar-refractivity contribution in [1.29, 1.82) is 0 Å². The standard InChI is InChI=1S/C19H24N4O3/c1-12-15-16(22-21-12)13-8-5-6-9-14(13)23(17(15)24)11-7-10-20-18(25)26-19(2,3)4/h5-6,8-9H,7,10-11H2,1-4H3,(H,20,25)(H,21,22). The number of aromatic amines is 1. The van der Waals surface area contributed by atoms with Crippen molar-refractivity contribution in [2.24, 2.45) is 0 Å². The minimum absolute atomic E-state index is 0.0674. The third-order valence-electron chi connectivity index (χ3n) is 4.10. The van der Waals surface area contributed by atoms with Crippen LogP contribution in [0.2, 0.25) is 0 Å². The van der Waals surface area contributed by atoms with Gasteiger partial charge in [0.2, 0.25) is 0 Å². The molecule has 0 spiro atoms. The summed E-state index contributed by atoms with van der Waals surface area (Å²) in [5.41, 5.74) is 1.72. The van der Waals surface area contributed by atoms with Crippen molar-refractivity contribution in [1.82, 2.24) is 20.1 Å². The molecule has 26 heavy (non-hydrogen) atoms. The SMILES string of the molecule is Cc1n[nH]c2c1c(=O)n(CCCNC(=O)OC(C)(C)C)c1ccccc21. The lowest BCUT2D eigenvalue weighted by molar-refractivity contribution is 0.0526. The number of benzene rings is 1. The summed E-state index contributed by atoms with van der Waals surface area (Å²) in [7, 11) is 0. The van der Waals surface area contributed by atoms with Gasteiger partial charge in [0, 0.05) is 18.5 Å². The number of hydrogen-bond acceptors (Lipinski definition) is 4. The zero-order valence-corrected chi connectivity index (χ0v) is 15.5. The number of hydrogen-bond donors (Lipinski definition) is 2. The molecule has 1 amide bonds. The van der Waals surface area contributed by atoms with E-state index in [1.807, 2.05) is 52.0 Å². The van der Waals surface area contributed by atoms with E-state index in [1.165, 1.54) is 0 Å². The van der Waals surface area contributed by atoms with Gasteiger partial charge in [-0.15, -0.1) is 0 Å². The molecular formula is C19H24N4O3. The highest BCUT2D eigenvalue weighted by molar-refractivity contribution is 6.03. The lowest BCUT2D eigenvalue weighted by Gasteiger charge is -2.19. The minimum atomic E-state index is -0.527. The molecule has 2 N–H and O–H groups in total. The molecule has 3 aromatic rings. The highest BCUT2D eigenvalue weighted by Gasteiger charge is 2.16. The van der Waals surface area contributed by atoms with Crippen LogP contribution in [0.4, 0.5) is 4.79 Å². The van der Waals surface area contributed by atoms with Gasteiger partial charge in [-0.3, -0.25) is 9.89 Å². The number of aromatic nitrogens is 3. The summed E-state index contributed by atoms with van der Waals surface area (Å²) in [6.07, 6.45) is 0.168. The second-order valence-corrected chi connectivity index (χ2v) is 7.32. The number of alkyl carbamates (subject to hydrolysis) is 1. The molecule has 2 heterocycles. The van der Waals surface area contributed by atoms with Gasteiger partial charge in [-0.2, -0.15) is 5.10 Å². The third kappa shape index (κ3) is 3.56. The number of carbonyl (C=O) groups excluding carboxylic acids is 1. The molecule has 138 valence electrons. The number of amides is 1. The lowest BCUT2D eigenvalue weighted by Crippen LogP contribution is -2.33. The Morgan fingerprint density at radius 2 is 2.04 bits per heavy atom. The fourth-order valence-corrected chi connectivity index (χ4v) is 3.02. The molecule has 0 unspecified atom stereocenters. The molecule has 3 rings (SSSR count). The van der Waals surface area contributed by atoms with Gasteiger partial charge in [-0.05, 0) is 40.2 Å². The van der Waals surface area contributed by atoms with E-state index in [-0.39, 0.29) is 5.56 Å². The van der Waals surface area contributed by atoms with E-state index < -0.39 is 11.7 Å². The number of pyridine rings is 1. The summed E-state index contributed by atoms with van der Waals surface area (Å²) >= 11 is 0. The van der Waals surface area contributed by atoms with E-state index in [9.17, 15) is 9.59 Å². The molecule has 0 radical (unpaired) electrons. The fraction of sp³-hybridized carbons (Fsp3) is 0.421. The van der Waals surface area contributed by atoms with Gasteiger partial charge in [-0.25, -0.2) is 4.79 Å². The number of para-hydroxylation sites is 1. The molecule has 0 aliphatic heterocycles. The zero-order valence-electron chi connectivity index (χ0n) is 15.5. The number of nitrogens with one attached hydrogen (secondary N) is 2. The molecule has 0 bridgehead atoms. The summed E-state index contributed by atoms with van der Waals surface area (Å²) in [5, 5.41) is 11.5. The van der Waals surface area contributed by atoms with Crippen molar-refractivity contribution >= 4 is 27.9 Å². The van der Waals surface area contributed by atoms with Crippen molar-refractivity contribution in [2.45, 2.75) is 46.3 Å². The number of H-pyrrole nitrogens is 1. The van der Waals surface area contributed by atoms with E-state index in [1.54, 1.807) is 4.57 Å². The molecule has 0 fully saturated rings. The van der Waals surface area contributed by atoms with Gasteiger partial charge in [-0.1, -0.05) is 18.2 Å². The maximum absolute atomic E-state index is 12.9. The van der Waals surface area contributed by atoms with Gasteiger partial charge >= 0.3 is 6.09 Å². The quantitative estimate of drug-likeness (QED) is 0.703. The topological polar surface area (TPSA) is 89.0 Å². The van der Waals surface area contributed by atoms with E-state index in [2.05, 4.69) is 15.5 Å². The maximum Gasteiger partial charge on any atom is 0.407 e. The Balaban J connectivity index is 1.81. The van der Waals surface area contributed by atoms with Gasteiger partial charge in [0.05, 0.1) is 22.1 Å². The van der Waals surface area contributed by atoms with Crippen LogP contribution < -0.4 is 10.9 Å². The predicted octanol–water partition coefficient (Wildman–Crippen LogP) is 3.10. The minimum Gasteiger partial charge on any atom is -0.444 e. The normalized spacial score (nSPS) is 11.8. The predicted molar refractivity (Wildman–Crippen MR) is 101 cm³/mol. The van der Waals surface area contributed by atoms with Crippen LogP contribution in [0.1, 0.15) is 32.9 Å². The Hall–Kier alpha value is -2.83. The Bertz CT molecular complexity index is 1010. The molecule has 2 aromatic heterocycles. The second-order valence-electron chi connectivity index (χ2n) is 7.32. The van der Waals surface area contributed by atoms with Crippen LogP contribution in [0.5, 0.6) is 0 Å². The average molecular weight is 356 g/mol. The molecule has 0 saturated heterocycles. The smallest absolute Gasteiger partial charge is 0.407 e. The number of carbonyl (C=O) groups is 1. The Morgan fingerprint density at radius 3 is 2.77 bits per heavy atom. The largest absolute Gasteiger partial charge is 0.444 e. The van der Waals surface area contributed by atoms with Crippen LogP contribution in [0.25, 0.3) is 21.8 Å². The Labute approximate surface area is 151 Å². The fourth-order valence-electron chi connectivity index (χ4n) is 3.02. The average Bonchev–Trinajstić information content (AvgIpc) is 2.94. The van der Waals surface area contributed by atoms with Gasteiger partial charge in [0.1, 0.15) is 5.60 Å². The maximum atomic E-state index is 12.9. The van der Waals surface area contributed by atoms with Gasteiger partial charge in [0.25, 0.3) is 5.56 Å². The van der Waals surface area contributed by atoms with Crippen molar-refractivity contribution in [3.8, 4) is 0 Å². The Kier molecular flexibility index (Phi) is 4.71. The number of ether oxygens (including phenoxy) is 1. The molecule has 1 aromatic carbocycles. The van der Waals surface area contributed by atoms with Crippen molar-refractivity contribution in [3.63, 3.8) is 0 Å². The highest BCUT2D eigenvalue weighted by atomic mass is 16.6. The van der Waals surface area contributed by atoms with E-state index in [0.717, 1.165) is 16.4 Å². The summed E-state index contributed by atoms with van der Waals surface area (Å²) in [4.78, 5) is 24.7. The first-order valence-electron chi connectivity index (χ1n) is 8.71. The van der Waals surface area contributed by atoms with E-state index in [0.29, 0.717) is 30.6 Å². The van der Waals surface area contributed by atoms with Crippen LogP contribution in [0, 0.1) is 6.92 Å². The molecular weight excluding hydrogens is 332 g/mol.